The van der Waals surface area contributed by atoms with Crippen LogP contribution in [0.3, 0.4) is 0 Å². The Kier molecular flexibility index (Phi) is 6.00. The number of hydrogen-bond acceptors (Lipinski definition) is 7. The fraction of sp³-hybridized carbons (Fsp3) is 0.353. The summed E-state index contributed by atoms with van der Waals surface area (Å²) in [6.45, 7) is 2.54. The maximum absolute atomic E-state index is 12.5. The molecular weight excluding hydrogens is 370 g/mol. The van der Waals surface area contributed by atoms with E-state index in [0.29, 0.717) is 23.7 Å². The lowest BCUT2D eigenvalue weighted by Crippen LogP contribution is -2.26. The van der Waals surface area contributed by atoms with E-state index in [1.807, 2.05) is 43.6 Å². The van der Waals surface area contributed by atoms with Crippen molar-refractivity contribution < 1.29 is 9.53 Å². The number of nitrogens with one attached hydrogen (secondary N) is 1. The lowest BCUT2D eigenvalue weighted by Gasteiger charge is -2.16. The molecule has 2 heterocycles. The Labute approximate surface area is 159 Å². The van der Waals surface area contributed by atoms with Crippen LogP contribution in [-0.4, -0.2) is 43.6 Å². The molecule has 3 rings (SSSR count). The van der Waals surface area contributed by atoms with Crippen molar-refractivity contribution in [2.45, 2.75) is 13.3 Å². The fourth-order valence-corrected chi connectivity index (χ4v) is 4.01. The zero-order valence-electron chi connectivity index (χ0n) is 14.9. The fourth-order valence-electron chi connectivity index (χ4n) is 2.34. The maximum atomic E-state index is 12.5. The van der Waals surface area contributed by atoms with E-state index < -0.39 is 10.9 Å². The number of aryl methyl sites for hydroxylation is 1. The van der Waals surface area contributed by atoms with Gasteiger partial charge in [-0.1, -0.05) is 0 Å². The second-order valence-corrected chi connectivity index (χ2v) is 8.28. The zero-order valence-corrected chi connectivity index (χ0v) is 16.6. The number of nitrogens with zero attached hydrogens (tertiary/aromatic N) is 4. The number of ether oxygens (including phenoxy) is 1. The number of thiazole rings is 1. The molecule has 0 aliphatic carbocycles. The van der Waals surface area contributed by atoms with Gasteiger partial charge in [-0.25, -0.2) is 4.98 Å². The van der Waals surface area contributed by atoms with Crippen molar-refractivity contribution in [3.05, 3.63) is 39.8 Å². The molecule has 1 unspecified atom stereocenters. The molecule has 2 aromatic rings. The first-order valence-corrected chi connectivity index (χ1v) is 10.3. The smallest absolute Gasteiger partial charge is 0.262 e. The van der Waals surface area contributed by atoms with E-state index in [4.69, 9.17) is 4.74 Å². The molecule has 1 atom stereocenters. The Balaban J connectivity index is 1.71. The van der Waals surface area contributed by atoms with Gasteiger partial charge in [0.2, 0.25) is 0 Å². The van der Waals surface area contributed by atoms with E-state index in [1.165, 1.54) is 4.88 Å². The van der Waals surface area contributed by atoms with Gasteiger partial charge >= 0.3 is 0 Å². The van der Waals surface area contributed by atoms with Crippen LogP contribution in [0.25, 0.3) is 0 Å². The summed E-state index contributed by atoms with van der Waals surface area (Å²) in [7, 11) is 3.30. The van der Waals surface area contributed by atoms with E-state index >= 15 is 0 Å². The molecule has 1 aliphatic rings. The number of amides is 1. The average Bonchev–Trinajstić information content (AvgIpc) is 3.27. The van der Waals surface area contributed by atoms with Gasteiger partial charge < -0.3 is 9.64 Å². The Hall–Kier alpha value is -2.26. The van der Waals surface area contributed by atoms with Crippen molar-refractivity contribution in [3.8, 4) is 5.75 Å². The third-order valence-electron chi connectivity index (χ3n) is 3.78. The minimum absolute atomic E-state index is 0.172. The van der Waals surface area contributed by atoms with Crippen LogP contribution in [0, 0.1) is 6.92 Å². The third-order valence-corrected chi connectivity index (χ3v) is 5.95. The van der Waals surface area contributed by atoms with E-state index in [1.54, 1.807) is 23.6 Å². The van der Waals surface area contributed by atoms with Crippen LogP contribution in [0.5, 0.6) is 5.75 Å². The van der Waals surface area contributed by atoms with E-state index in [9.17, 15) is 4.79 Å². The van der Waals surface area contributed by atoms with Crippen molar-refractivity contribution in [2.24, 2.45) is 9.57 Å². The quantitative estimate of drug-likeness (QED) is 0.787. The van der Waals surface area contributed by atoms with Gasteiger partial charge in [0.1, 0.15) is 5.75 Å². The van der Waals surface area contributed by atoms with Gasteiger partial charge in [0, 0.05) is 59.8 Å². The van der Waals surface area contributed by atoms with E-state index in [2.05, 4.69) is 19.3 Å². The average molecular weight is 392 g/mol. The van der Waals surface area contributed by atoms with Crippen molar-refractivity contribution in [2.75, 3.05) is 31.4 Å². The molecule has 0 saturated carbocycles. The Morgan fingerprint density at radius 3 is 2.88 bits per heavy atom. The van der Waals surface area contributed by atoms with Gasteiger partial charge in [-0.15, -0.1) is 15.8 Å². The highest BCUT2D eigenvalue weighted by molar-refractivity contribution is 7.86. The molecular formula is C17H21N5O2S2. The number of carbonyl (C=O) groups excluding carboxylic acids is 1. The van der Waals surface area contributed by atoms with Gasteiger partial charge in [-0.2, -0.15) is 5.10 Å². The van der Waals surface area contributed by atoms with Crippen LogP contribution >= 0.6 is 11.3 Å². The zero-order chi connectivity index (χ0) is 18.5. The summed E-state index contributed by atoms with van der Waals surface area (Å²) >= 11 is 1.63. The molecule has 26 heavy (non-hydrogen) atoms. The van der Waals surface area contributed by atoms with Crippen LogP contribution in [-0.2, 0) is 17.3 Å². The van der Waals surface area contributed by atoms with Crippen molar-refractivity contribution in [1.29, 1.82) is 0 Å². The molecule has 138 valence electrons. The summed E-state index contributed by atoms with van der Waals surface area (Å²) < 4.78 is 12.8. The first-order valence-electron chi connectivity index (χ1n) is 8.11. The van der Waals surface area contributed by atoms with E-state index in [-0.39, 0.29) is 5.91 Å². The number of hydrogen-bond donors (Lipinski definition) is 1. The lowest BCUT2D eigenvalue weighted by atomic mass is 10.1. The predicted molar refractivity (Wildman–Crippen MR) is 107 cm³/mol. The van der Waals surface area contributed by atoms with Crippen molar-refractivity contribution >= 4 is 40.0 Å². The predicted octanol–water partition coefficient (Wildman–Crippen LogP) is 2.59. The monoisotopic (exact) mass is 391 g/mol. The van der Waals surface area contributed by atoms with Gasteiger partial charge in [0.05, 0.1) is 23.6 Å². The Morgan fingerprint density at radius 1 is 1.38 bits per heavy atom. The van der Waals surface area contributed by atoms with Crippen molar-refractivity contribution in [1.82, 2.24) is 9.71 Å². The summed E-state index contributed by atoms with van der Waals surface area (Å²) in [5.74, 6) is 1.15. The molecule has 0 saturated heterocycles. The molecule has 1 N–H and O–H groups in total. The van der Waals surface area contributed by atoms with Crippen LogP contribution < -0.4 is 14.4 Å². The molecule has 0 spiro atoms. The molecule has 9 heteroatoms. The highest BCUT2D eigenvalue weighted by Crippen LogP contribution is 2.24. The number of anilines is 1. The molecule has 0 bridgehead atoms. The SMILES string of the molecule is Cc1ncsc1CCOc1cc(C(=O)NS2=NN=CC2)cc(N(C)C)c1. The van der Waals surface area contributed by atoms with Gasteiger partial charge in [-0.3, -0.25) is 9.52 Å². The lowest BCUT2D eigenvalue weighted by molar-refractivity contribution is 0.0983. The highest BCUT2D eigenvalue weighted by Gasteiger charge is 2.13. The molecule has 1 aromatic carbocycles. The van der Waals surface area contributed by atoms with E-state index in [0.717, 1.165) is 17.8 Å². The minimum Gasteiger partial charge on any atom is -0.493 e. The number of rotatable bonds is 7. The molecule has 0 fully saturated rings. The standard InChI is InChI=1S/C17H21N5O2S2/c1-12-16(25-11-18-12)4-6-24-15-9-13(8-14(10-15)22(2)3)17(23)20-26-7-5-19-21-26/h5,8-11H,4,6-7H2,1-3H3,(H,20,21,23). The van der Waals surface area contributed by atoms with Crippen LogP contribution in [0.4, 0.5) is 5.69 Å². The third kappa shape index (κ3) is 4.67. The number of aromatic nitrogens is 1. The highest BCUT2D eigenvalue weighted by atomic mass is 32.2. The number of benzene rings is 1. The Bertz CT molecular complexity index is 861. The van der Waals surface area contributed by atoms with Gasteiger partial charge in [-0.05, 0) is 19.1 Å². The summed E-state index contributed by atoms with van der Waals surface area (Å²) in [6.07, 6.45) is 2.50. The topological polar surface area (TPSA) is 79.2 Å². The number of carbonyl (C=O) groups is 1. The largest absolute Gasteiger partial charge is 0.493 e. The van der Waals surface area contributed by atoms with Crippen LogP contribution in [0.15, 0.2) is 33.3 Å². The first kappa shape index (κ1) is 18.5. The summed E-state index contributed by atoms with van der Waals surface area (Å²) in [5, 5.41) is 3.81. The van der Waals surface area contributed by atoms with Crippen LogP contribution in [0.2, 0.25) is 0 Å². The molecule has 1 aromatic heterocycles. The molecule has 0 radical (unpaired) electrons. The van der Waals surface area contributed by atoms with Crippen molar-refractivity contribution in [3.63, 3.8) is 0 Å². The van der Waals surface area contributed by atoms with Gasteiger partial charge in [0.15, 0.2) is 0 Å². The van der Waals surface area contributed by atoms with Crippen LogP contribution in [0.1, 0.15) is 20.9 Å². The Morgan fingerprint density at radius 2 is 2.23 bits per heavy atom. The second-order valence-electron chi connectivity index (χ2n) is 5.91. The van der Waals surface area contributed by atoms with Gasteiger partial charge in [0.25, 0.3) is 5.91 Å². The second kappa shape index (κ2) is 8.41. The molecule has 7 nitrogen and oxygen atoms in total. The normalized spacial score (nSPS) is 15.6. The first-order chi connectivity index (χ1) is 12.5. The maximum Gasteiger partial charge on any atom is 0.262 e. The molecule has 1 aliphatic heterocycles. The minimum atomic E-state index is -0.567. The summed E-state index contributed by atoms with van der Waals surface area (Å²) in [6, 6.07) is 5.54. The summed E-state index contributed by atoms with van der Waals surface area (Å²) in [4.78, 5) is 19.9. The molecule has 1 amide bonds. The summed E-state index contributed by atoms with van der Waals surface area (Å²) in [5.41, 5.74) is 4.35.